The molecule has 0 aliphatic rings. The van der Waals surface area contributed by atoms with Crippen LogP contribution < -0.4 is 5.32 Å². The molecule has 5 heteroatoms. The summed E-state index contributed by atoms with van der Waals surface area (Å²) in [6, 6.07) is 1.72. The number of nitrogens with zero attached hydrogens (tertiary/aromatic N) is 1. The number of furan rings is 1. The third kappa shape index (κ3) is 2.86. The van der Waals surface area contributed by atoms with Crippen molar-refractivity contribution in [2.24, 2.45) is 0 Å². The number of amides is 1. The number of nitrogens with one attached hydrogen (secondary N) is 2. The number of carbonyl (C=O) groups is 1. The summed E-state index contributed by atoms with van der Waals surface area (Å²) in [7, 11) is 0. The molecular weight excluding hydrogens is 242 g/mol. The van der Waals surface area contributed by atoms with Gasteiger partial charge in [-0.05, 0) is 19.9 Å². The summed E-state index contributed by atoms with van der Waals surface area (Å²) in [6.07, 6.45) is 3.47. The van der Waals surface area contributed by atoms with Gasteiger partial charge in [0.2, 0.25) is 0 Å². The third-order valence-corrected chi connectivity index (χ3v) is 3.12. The number of aromatic nitrogens is 2. The van der Waals surface area contributed by atoms with Crippen LogP contribution in [0, 0.1) is 6.92 Å². The van der Waals surface area contributed by atoms with Crippen LogP contribution in [0.25, 0.3) is 0 Å². The molecule has 2 rings (SSSR count). The molecule has 102 valence electrons. The number of carbonyl (C=O) groups excluding carboxylic acids is 1. The first-order valence-electron chi connectivity index (χ1n) is 6.39. The highest BCUT2D eigenvalue weighted by Gasteiger charge is 2.18. The number of aryl methyl sites for hydroxylation is 1. The number of hydrogen-bond acceptors (Lipinski definition) is 3. The fourth-order valence-electron chi connectivity index (χ4n) is 1.87. The van der Waals surface area contributed by atoms with Crippen molar-refractivity contribution in [2.75, 3.05) is 0 Å². The number of hydrogen-bond donors (Lipinski definition) is 2. The van der Waals surface area contributed by atoms with Gasteiger partial charge >= 0.3 is 0 Å². The minimum absolute atomic E-state index is 0.0944. The van der Waals surface area contributed by atoms with Crippen molar-refractivity contribution in [2.45, 2.75) is 39.7 Å². The second-order valence-electron chi connectivity index (χ2n) is 5.00. The van der Waals surface area contributed by atoms with Crippen LogP contribution >= 0.6 is 0 Å². The summed E-state index contributed by atoms with van der Waals surface area (Å²) in [5.41, 5.74) is 1.54. The molecule has 0 saturated heterocycles. The molecule has 5 nitrogen and oxygen atoms in total. The number of H-pyrrole nitrogens is 1. The molecule has 0 aromatic carbocycles. The second kappa shape index (κ2) is 5.30. The Kier molecular flexibility index (Phi) is 3.74. The molecule has 0 fully saturated rings. The van der Waals surface area contributed by atoms with E-state index >= 15 is 0 Å². The van der Waals surface area contributed by atoms with Crippen LogP contribution in [0.15, 0.2) is 22.9 Å². The third-order valence-electron chi connectivity index (χ3n) is 3.12. The van der Waals surface area contributed by atoms with E-state index in [1.807, 2.05) is 33.8 Å². The molecule has 2 N–H and O–H groups in total. The molecule has 2 aromatic rings. The summed E-state index contributed by atoms with van der Waals surface area (Å²) in [5, 5.41) is 9.54. The van der Waals surface area contributed by atoms with E-state index in [1.54, 1.807) is 12.4 Å². The molecule has 19 heavy (non-hydrogen) atoms. The molecule has 0 spiro atoms. The van der Waals surface area contributed by atoms with E-state index in [2.05, 4.69) is 15.5 Å². The monoisotopic (exact) mass is 261 g/mol. The van der Waals surface area contributed by atoms with Crippen LogP contribution in [-0.4, -0.2) is 16.1 Å². The molecule has 0 saturated carbocycles. The molecule has 0 aliphatic carbocycles. The van der Waals surface area contributed by atoms with E-state index in [1.165, 1.54) is 0 Å². The Bertz CT molecular complexity index is 555. The van der Waals surface area contributed by atoms with Crippen LogP contribution in [0.5, 0.6) is 0 Å². The summed E-state index contributed by atoms with van der Waals surface area (Å²) in [4.78, 5) is 12.2. The summed E-state index contributed by atoms with van der Waals surface area (Å²) in [5.74, 6) is 1.63. The minimum atomic E-state index is -0.123. The molecule has 2 heterocycles. The lowest BCUT2D eigenvalue weighted by molar-refractivity contribution is 0.0938. The first kappa shape index (κ1) is 13.4. The Morgan fingerprint density at radius 1 is 1.42 bits per heavy atom. The van der Waals surface area contributed by atoms with Crippen molar-refractivity contribution in [3.8, 4) is 0 Å². The highest BCUT2D eigenvalue weighted by atomic mass is 16.3. The molecule has 0 aliphatic heterocycles. The fraction of sp³-hybridized carbons (Fsp3) is 0.429. The fourth-order valence-corrected chi connectivity index (χ4v) is 1.87. The van der Waals surface area contributed by atoms with Gasteiger partial charge in [0, 0.05) is 17.7 Å². The molecular formula is C14H19N3O2. The van der Waals surface area contributed by atoms with Crippen molar-refractivity contribution >= 4 is 5.91 Å². The highest BCUT2D eigenvalue weighted by molar-refractivity contribution is 5.95. The Labute approximate surface area is 112 Å². The lowest BCUT2D eigenvalue weighted by atomic mass is 10.1. The Hall–Kier alpha value is -2.04. The topological polar surface area (TPSA) is 70.9 Å². The smallest absolute Gasteiger partial charge is 0.255 e. The maximum Gasteiger partial charge on any atom is 0.255 e. The van der Waals surface area contributed by atoms with Gasteiger partial charge in [-0.2, -0.15) is 5.10 Å². The van der Waals surface area contributed by atoms with Gasteiger partial charge < -0.3 is 9.73 Å². The lowest BCUT2D eigenvalue weighted by Crippen LogP contribution is -2.26. The molecule has 2 aromatic heterocycles. The average Bonchev–Trinajstić information content (AvgIpc) is 2.97. The molecule has 0 radical (unpaired) electrons. The summed E-state index contributed by atoms with van der Waals surface area (Å²) < 4.78 is 5.59. The predicted octanol–water partition coefficient (Wildman–Crippen LogP) is 2.93. The predicted molar refractivity (Wildman–Crippen MR) is 72.0 cm³/mol. The maximum atomic E-state index is 12.2. The van der Waals surface area contributed by atoms with Crippen molar-refractivity contribution in [1.29, 1.82) is 0 Å². The van der Waals surface area contributed by atoms with Gasteiger partial charge in [-0.15, -0.1) is 0 Å². The summed E-state index contributed by atoms with van der Waals surface area (Å²) in [6.45, 7) is 7.80. The van der Waals surface area contributed by atoms with Crippen LogP contribution in [0.4, 0.5) is 0 Å². The Balaban J connectivity index is 2.12. The zero-order valence-electron chi connectivity index (χ0n) is 11.7. The van der Waals surface area contributed by atoms with Crippen LogP contribution in [-0.2, 0) is 0 Å². The van der Waals surface area contributed by atoms with Gasteiger partial charge in [0.25, 0.3) is 5.91 Å². The Morgan fingerprint density at radius 2 is 2.16 bits per heavy atom. The van der Waals surface area contributed by atoms with Crippen molar-refractivity contribution < 1.29 is 9.21 Å². The molecule has 1 amide bonds. The molecule has 1 unspecified atom stereocenters. The standard InChI is InChI=1S/C14H19N3O2/c1-8(2)13-5-12(10(4)19-13)14(18)17-9(3)11-6-15-16-7-11/h5-9H,1-4H3,(H,15,16)(H,17,18). The van der Waals surface area contributed by atoms with Gasteiger partial charge in [-0.25, -0.2) is 0 Å². The van der Waals surface area contributed by atoms with E-state index in [-0.39, 0.29) is 17.9 Å². The van der Waals surface area contributed by atoms with Gasteiger partial charge in [-0.1, -0.05) is 13.8 Å². The van der Waals surface area contributed by atoms with Gasteiger partial charge in [-0.3, -0.25) is 9.89 Å². The van der Waals surface area contributed by atoms with E-state index in [0.29, 0.717) is 11.3 Å². The first-order valence-corrected chi connectivity index (χ1v) is 6.39. The molecule has 0 bridgehead atoms. The quantitative estimate of drug-likeness (QED) is 0.889. The highest BCUT2D eigenvalue weighted by Crippen LogP contribution is 2.22. The Morgan fingerprint density at radius 3 is 2.68 bits per heavy atom. The van der Waals surface area contributed by atoms with E-state index in [9.17, 15) is 4.79 Å². The first-order chi connectivity index (χ1) is 8.99. The van der Waals surface area contributed by atoms with Crippen molar-refractivity contribution in [1.82, 2.24) is 15.5 Å². The van der Waals surface area contributed by atoms with Crippen LogP contribution in [0.1, 0.15) is 60.2 Å². The van der Waals surface area contributed by atoms with Crippen LogP contribution in [0.3, 0.4) is 0 Å². The SMILES string of the molecule is Cc1oc(C(C)C)cc1C(=O)NC(C)c1cn[nH]c1. The van der Waals surface area contributed by atoms with Crippen molar-refractivity contribution in [3.05, 3.63) is 41.1 Å². The lowest BCUT2D eigenvalue weighted by Gasteiger charge is -2.11. The zero-order valence-corrected chi connectivity index (χ0v) is 11.7. The largest absolute Gasteiger partial charge is 0.465 e. The summed E-state index contributed by atoms with van der Waals surface area (Å²) >= 11 is 0. The normalized spacial score (nSPS) is 12.7. The second-order valence-corrected chi connectivity index (χ2v) is 5.00. The van der Waals surface area contributed by atoms with Gasteiger partial charge in [0.15, 0.2) is 0 Å². The zero-order chi connectivity index (χ0) is 14.0. The minimum Gasteiger partial charge on any atom is -0.465 e. The van der Waals surface area contributed by atoms with Gasteiger partial charge in [0.05, 0.1) is 17.8 Å². The van der Waals surface area contributed by atoms with E-state index < -0.39 is 0 Å². The van der Waals surface area contributed by atoms with Gasteiger partial charge in [0.1, 0.15) is 11.5 Å². The van der Waals surface area contributed by atoms with Crippen molar-refractivity contribution in [3.63, 3.8) is 0 Å². The maximum absolute atomic E-state index is 12.2. The van der Waals surface area contributed by atoms with Crippen LogP contribution in [0.2, 0.25) is 0 Å². The molecule has 1 atom stereocenters. The number of rotatable bonds is 4. The average molecular weight is 261 g/mol. The van der Waals surface area contributed by atoms with E-state index in [4.69, 9.17) is 4.42 Å². The van der Waals surface area contributed by atoms with E-state index in [0.717, 1.165) is 11.3 Å². The number of aromatic amines is 1.